The van der Waals surface area contributed by atoms with Crippen molar-refractivity contribution in [3.05, 3.63) is 110 Å². The number of anilines is 1. The number of Topliss-reactive ketones (excluding diaryl/α,β-unsaturated/α-hetero) is 1. The van der Waals surface area contributed by atoms with Crippen LogP contribution in [0.25, 0.3) is 5.76 Å². The van der Waals surface area contributed by atoms with Crippen molar-refractivity contribution in [2.45, 2.75) is 23.1 Å². The topological polar surface area (TPSA) is 110 Å². The highest BCUT2D eigenvalue weighted by Gasteiger charge is 2.48. The van der Waals surface area contributed by atoms with Gasteiger partial charge in [0.2, 0.25) is 5.13 Å². The molecule has 0 spiro atoms. The lowest BCUT2D eigenvalue weighted by Gasteiger charge is -2.22. The molecule has 214 valence electrons. The minimum atomic E-state index is -1.14. The molecule has 1 atom stereocenters. The van der Waals surface area contributed by atoms with Crippen molar-refractivity contribution in [2.75, 3.05) is 12.0 Å². The fourth-order valence-electron chi connectivity index (χ4n) is 4.30. The van der Waals surface area contributed by atoms with Crippen molar-refractivity contribution in [2.24, 2.45) is 0 Å². The summed E-state index contributed by atoms with van der Waals surface area (Å²) >= 11 is 14.7. The molecule has 4 aromatic rings. The Labute approximate surface area is 257 Å². The summed E-state index contributed by atoms with van der Waals surface area (Å²) in [5.74, 6) is -3.18. The second-order valence-corrected chi connectivity index (χ2v) is 12.1. The standard InChI is InChI=1S/C29H20Cl2FN3O5S2/c1-14-3-4-17(11-21(14)32)24(36)22-23(15-5-7-16(8-6-15)27(39)40-2)35(26(38)25(22)37)28-33-34-29(42-28)41-13-18-9-10-19(30)12-20(18)31/h3-12,23,36H,13H2,1-2H3. The molecule has 1 N–H and O–H groups in total. The molecule has 1 amide bonds. The average molecular weight is 645 g/mol. The minimum absolute atomic E-state index is 0.0284. The summed E-state index contributed by atoms with van der Waals surface area (Å²) in [5, 5.41) is 20.7. The van der Waals surface area contributed by atoms with Gasteiger partial charge in [-0.1, -0.05) is 76.6 Å². The minimum Gasteiger partial charge on any atom is -0.507 e. The monoisotopic (exact) mass is 643 g/mol. The molecule has 0 bridgehead atoms. The fourth-order valence-corrected chi connectivity index (χ4v) is 6.72. The van der Waals surface area contributed by atoms with Gasteiger partial charge >= 0.3 is 11.9 Å². The molecule has 0 saturated carbocycles. The second-order valence-electron chi connectivity index (χ2n) is 9.12. The number of halogens is 3. The molecule has 1 aliphatic heterocycles. The number of nitrogens with zero attached hydrogens (tertiary/aromatic N) is 3. The van der Waals surface area contributed by atoms with Gasteiger partial charge in [-0.05, 0) is 53.9 Å². The number of methoxy groups -OCH3 is 1. The number of benzene rings is 3. The number of aromatic nitrogens is 2. The summed E-state index contributed by atoms with van der Waals surface area (Å²) in [6, 6.07) is 14.1. The predicted octanol–water partition coefficient (Wildman–Crippen LogP) is 7.00. The number of aliphatic hydroxyl groups excluding tert-OH is 1. The first-order valence-electron chi connectivity index (χ1n) is 12.2. The van der Waals surface area contributed by atoms with Crippen LogP contribution < -0.4 is 4.90 Å². The zero-order chi connectivity index (χ0) is 30.1. The Bertz CT molecular complexity index is 1760. The first-order chi connectivity index (χ1) is 20.1. The Kier molecular flexibility index (Phi) is 8.65. The van der Waals surface area contributed by atoms with Crippen molar-refractivity contribution < 1.29 is 28.6 Å². The van der Waals surface area contributed by atoms with Gasteiger partial charge in [0.25, 0.3) is 5.78 Å². The summed E-state index contributed by atoms with van der Waals surface area (Å²) in [7, 11) is 1.25. The smallest absolute Gasteiger partial charge is 0.337 e. The van der Waals surface area contributed by atoms with E-state index in [0.717, 1.165) is 27.9 Å². The largest absolute Gasteiger partial charge is 0.507 e. The van der Waals surface area contributed by atoms with E-state index in [-0.39, 0.29) is 21.8 Å². The Morgan fingerprint density at radius 1 is 1.07 bits per heavy atom. The molecule has 0 aliphatic carbocycles. The van der Waals surface area contributed by atoms with Crippen LogP contribution in [0.1, 0.15) is 38.7 Å². The zero-order valence-electron chi connectivity index (χ0n) is 21.9. The third-order valence-corrected chi connectivity index (χ3v) is 9.20. The maximum Gasteiger partial charge on any atom is 0.337 e. The van der Waals surface area contributed by atoms with Gasteiger partial charge in [0.1, 0.15) is 11.6 Å². The summed E-state index contributed by atoms with van der Waals surface area (Å²) < 4.78 is 19.6. The van der Waals surface area contributed by atoms with Crippen molar-refractivity contribution >= 4 is 74.9 Å². The predicted molar refractivity (Wildman–Crippen MR) is 160 cm³/mol. The summed E-state index contributed by atoms with van der Waals surface area (Å²) in [5.41, 5.74) is 1.58. The van der Waals surface area contributed by atoms with E-state index < -0.39 is 35.3 Å². The van der Waals surface area contributed by atoms with Crippen LogP contribution in [-0.2, 0) is 20.1 Å². The highest BCUT2D eigenvalue weighted by Crippen LogP contribution is 2.44. The van der Waals surface area contributed by atoms with Gasteiger partial charge in [0, 0.05) is 21.4 Å². The number of esters is 1. The van der Waals surface area contributed by atoms with E-state index in [4.69, 9.17) is 27.9 Å². The normalized spacial score (nSPS) is 16.2. The lowest BCUT2D eigenvalue weighted by atomic mass is 9.94. The quantitative estimate of drug-likeness (QED) is 0.0572. The lowest BCUT2D eigenvalue weighted by Crippen LogP contribution is -2.29. The van der Waals surface area contributed by atoms with Gasteiger partial charge in [-0.2, -0.15) is 0 Å². The Morgan fingerprint density at radius 3 is 2.45 bits per heavy atom. The summed E-state index contributed by atoms with van der Waals surface area (Å²) in [6.45, 7) is 1.56. The molecule has 3 aromatic carbocycles. The number of aliphatic hydroxyl groups is 1. The van der Waals surface area contributed by atoms with E-state index in [2.05, 4.69) is 10.2 Å². The number of aryl methyl sites for hydroxylation is 1. The van der Waals surface area contributed by atoms with E-state index >= 15 is 0 Å². The van der Waals surface area contributed by atoms with Gasteiger partial charge in [-0.3, -0.25) is 14.5 Å². The highest BCUT2D eigenvalue weighted by atomic mass is 35.5. The molecule has 1 unspecified atom stereocenters. The maximum absolute atomic E-state index is 14.4. The average Bonchev–Trinajstić information content (AvgIpc) is 3.55. The van der Waals surface area contributed by atoms with Gasteiger partial charge in [0.15, 0.2) is 4.34 Å². The molecule has 5 rings (SSSR count). The third kappa shape index (κ3) is 5.78. The molecule has 1 saturated heterocycles. The van der Waals surface area contributed by atoms with Crippen LogP contribution in [-0.4, -0.2) is 40.1 Å². The number of rotatable bonds is 7. The van der Waals surface area contributed by atoms with Crippen LogP contribution in [0.15, 0.2) is 70.6 Å². The summed E-state index contributed by atoms with van der Waals surface area (Å²) in [6.07, 6.45) is 0. The van der Waals surface area contributed by atoms with E-state index in [1.54, 1.807) is 25.1 Å². The van der Waals surface area contributed by atoms with Crippen molar-refractivity contribution in [3.8, 4) is 0 Å². The molecule has 13 heteroatoms. The molecule has 8 nitrogen and oxygen atoms in total. The Balaban J connectivity index is 1.55. The van der Waals surface area contributed by atoms with Crippen LogP contribution in [0.5, 0.6) is 0 Å². The molecule has 1 aromatic heterocycles. The molecule has 1 aliphatic rings. The third-order valence-electron chi connectivity index (χ3n) is 6.51. The van der Waals surface area contributed by atoms with Gasteiger partial charge in [-0.25, -0.2) is 9.18 Å². The number of amides is 1. The Morgan fingerprint density at radius 2 is 1.79 bits per heavy atom. The van der Waals surface area contributed by atoms with Crippen LogP contribution in [0.4, 0.5) is 9.52 Å². The van der Waals surface area contributed by atoms with Gasteiger partial charge < -0.3 is 9.84 Å². The molecular weight excluding hydrogens is 624 g/mol. The SMILES string of the molecule is COC(=O)c1ccc(C2C(=C(O)c3ccc(C)c(F)c3)C(=O)C(=O)N2c2nnc(SCc3ccc(Cl)cc3Cl)s2)cc1. The number of carbonyl (C=O) groups excluding carboxylic acids is 3. The van der Waals surface area contributed by atoms with Gasteiger partial charge in [0.05, 0.1) is 24.3 Å². The van der Waals surface area contributed by atoms with E-state index in [0.29, 0.717) is 31.3 Å². The molecule has 42 heavy (non-hydrogen) atoms. The second kappa shape index (κ2) is 12.2. The first kappa shape index (κ1) is 29.7. The van der Waals surface area contributed by atoms with Crippen LogP contribution >= 0.6 is 46.3 Å². The van der Waals surface area contributed by atoms with Crippen LogP contribution in [0.2, 0.25) is 10.0 Å². The molecule has 1 fully saturated rings. The molecular formula is C29H20Cl2FN3O5S2. The molecule has 0 radical (unpaired) electrons. The number of carbonyl (C=O) groups is 3. The summed E-state index contributed by atoms with van der Waals surface area (Å²) in [4.78, 5) is 40.0. The number of hydrogen-bond acceptors (Lipinski definition) is 9. The fraction of sp³-hybridized carbons (Fsp3) is 0.138. The van der Waals surface area contributed by atoms with E-state index in [1.165, 1.54) is 55.3 Å². The number of hydrogen-bond donors (Lipinski definition) is 1. The maximum atomic E-state index is 14.4. The van der Waals surface area contributed by atoms with Crippen molar-refractivity contribution in [1.82, 2.24) is 10.2 Å². The number of ether oxygens (including phenoxy) is 1. The van der Waals surface area contributed by atoms with Crippen molar-refractivity contribution in [1.29, 1.82) is 0 Å². The van der Waals surface area contributed by atoms with Crippen molar-refractivity contribution in [3.63, 3.8) is 0 Å². The van der Waals surface area contributed by atoms with E-state index in [9.17, 15) is 23.9 Å². The number of ketones is 1. The zero-order valence-corrected chi connectivity index (χ0v) is 25.1. The Hall–Kier alpha value is -3.77. The first-order valence-corrected chi connectivity index (χ1v) is 14.8. The van der Waals surface area contributed by atoms with Crippen LogP contribution in [0.3, 0.4) is 0 Å². The number of thioether (sulfide) groups is 1. The highest BCUT2D eigenvalue weighted by molar-refractivity contribution is 8.00. The lowest BCUT2D eigenvalue weighted by molar-refractivity contribution is -0.132. The van der Waals surface area contributed by atoms with Crippen LogP contribution in [0, 0.1) is 12.7 Å². The van der Waals surface area contributed by atoms with E-state index in [1.807, 2.05) is 0 Å². The van der Waals surface area contributed by atoms with Gasteiger partial charge in [-0.15, -0.1) is 10.2 Å². The molecule has 2 heterocycles.